The molecule has 0 saturated heterocycles. The van der Waals surface area contributed by atoms with Gasteiger partial charge in [-0.3, -0.25) is 4.98 Å². The minimum Gasteiger partial charge on any atom is -0.508 e. The van der Waals surface area contributed by atoms with E-state index >= 15 is 0 Å². The standard InChI is InChI=1S/C16H20N2O/c1-2-16(13-6-8-15(19)9-7-13)18-12-10-14-5-3-4-11-17-14/h3-9,11,16,18-19H,2,10,12H2,1H3. The first-order valence-corrected chi connectivity index (χ1v) is 6.72. The third-order valence-electron chi connectivity index (χ3n) is 3.20. The van der Waals surface area contributed by atoms with Crippen molar-refractivity contribution in [3.63, 3.8) is 0 Å². The van der Waals surface area contributed by atoms with Gasteiger partial charge in [0.1, 0.15) is 5.75 Å². The molecule has 0 fully saturated rings. The van der Waals surface area contributed by atoms with Crippen molar-refractivity contribution in [3.8, 4) is 5.75 Å². The van der Waals surface area contributed by atoms with E-state index in [1.54, 1.807) is 12.1 Å². The number of aromatic nitrogens is 1. The van der Waals surface area contributed by atoms with Crippen LogP contribution in [0.3, 0.4) is 0 Å². The number of pyridine rings is 1. The molecule has 0 bridgehead atoms. The van der Waals surface area contributed by atoms with Crippen molar-refractivity contribution < 1.29 is 5.11 Å². The van der Waals surface area contributed by atoms with E-state index in [-0.39, 0.29) is 0 Å². The van der Waals surface area contributed by atoms with Crippen LogP contribution < -0.4 is 5.32 Å². The van der Waals surface area contributed by atoms with Gasteiger partial charge in [0.2, 0.25) is 0 Å². The second-order valence-corrected chi connectivity index (χ2v) is 4.58. The molecule has 0 saturated carbocycles. The van der Waals surface area contributed by atoms with Crippen molar-refractivity contribution in [2.45, 2.75) is 25.8 Å². The molecule has 0 radical (unpaired) electrons. The Hall–Kier alpha value is -1.87. The van der Waals surface area contributed by atoms with Gasteiger partial charge in [0.05, 0.1) is 0 Å². The van der Waals surface area contributed by atoms with Crippen LogP contribution in [0.25, 0.3) is 0 Å². The Morgan fingerprint density at radius 1 is 1.16 bits per heavy atom. The monoisotopic (exact) mass is 256 g/mol. The van der Waals surface area contributed by atoms with Gasteiger partial charge < -0.3 is 10.4 Å². The predicted octanol–water partition coefficient (Wildman–Crippen LogP) is 3.07. The molecular weight excluding hydrogens is 236 g/mol. The number of nitrogens with zero attached hydrogens (tertiary/aromatic N) is 1. The van der Waals surface area contributed by atoms with E-state index in [1.165, 1.54) is 5.56 Å². The van der Waals surface area contributed by atoms with Gasteiger partial charge in [-0.15, -0.1) is 0 Å². The van der Waals surface area contributed by atoms with Gasteiger partial charge in [-0.1, -0.05) is 25.1 Å². The Kier molecular flexibility index (Phi) is 4.93. The molecule has 1 aromatic heterocycles. The average Bonchev–Trinajstić information content (AvgIpc) is 2.46. The highest BCUT2D eigenvalue weighted by atomic mass is 16.3. The van der Waals surface area contributed by atoms with Crippen molar-refractivity contribution in [1.82, 2.24) is 10.3 Å². The third kappa shape index (κ3) is 4.07. The maximum atomic E-state index is 9.31. The first kappa shape index (κ1) is 13.6. The highest BCUT2D eigenvalue weighted by Gasteiger charge is 2.08. The second kappa shape index (κ2) is 6.90. The third-order valence-corrected chi connectivity index (χ3v) is 3.20. The normalized spacial score (nSPS) is 12.3. The average molecular weight is 256 g/mol. The number of phenolic OH excluding ortho intramolecular Hbond substituents is 1. The summed E-state index contributed by atoms with van der Waals surface area (Å²) >= 11 is 0. The van der Waals surface area contributed by atoms with E-state index in [4.69, 9.17) is 0 Å². The number of hydrogen-bond acceptors (Lipinski definition) is 3. The van der Waals surface area contributed by atoms with Crippen LogP contribution in [0.4, 0.5) is 0 Å². The summed E-state index contributed by atoms with van der Waals surface area (Å²) in [5.41, 5.74) is 2.32. The highest BCUT2D eigenvalue weighted by molar-refractivity contribution is 5.28. The number of hydrogen-bond donors (Lipinski definition) is 2. The molecule has 1 unspecified atom stereocenters. The Labute approximate surface area is 114 Å². The smallest absolute Gasteiger partial charge is 0.115 e. The minimum atomic E-state index is 0.312. The van der Waals surface area contributed by atoms with E-state index in [2.05, 4.69) is 17.2 Å². The summed E-state index contributed by atoms with van der Waals surface area (Å²) in [6.45, 7) is 3.06. The lowest BCUT2D eigenvalue weighted by molar-refractivity contribution is 0.473. The summed E-state index contributed by atoms with van der Waals surface area (Å²) in [5, 5.41) is 12.8. The Bertz CT molecular complexity index is 482. The molecule has 2 rings (SSSR count). The lowest BCUT2D eigenvalue weighted by Gasteiger charge is -2.17. The topological polar surface area (TPSA) is 45.2 Å². The molecule has 1 heterocycles. The molecule has 0 spiro atoms. The molecule has 0 amide bonds. The summed E-state index contributed by atoms with van der Waals surface area (Å²) in [7, 11) is 0. The van der Waals surface area contributed by atoms with Gasteiger partial charge in [-0.2, -0.15) is 0 Å². The van der Waals surface area contributed by atoms with E-state index < -0.39 is 0 Å². The zero-order valence-electron chi connectivity index (χ0n) is 11.2. The molecule has 2 aromatic rings. The van der Waals surface area contributed by atoms with Crippen molar-refractivity contribution in [3.05, 3.63) is 59.9 Å². The van der Waals surface area contributed by atoms with Gasteiger partial charge >= 0.3 is 0 Å². The van der Waals surface area contributed by atoms with Crippen LogP contribution >= 0.6 is 0 Å². The largest absolute Gasteiger partial charge is 0.508 e. The maximum Gasteiger partial charge on any atom is 0.115 e. The molecular formula is C16H20N2O. The molecule has 0 aliphatic rings. The van der Waals surface area contributed by atoms with Crippen molar-refractivity contribution in [2.24, 2.45) is 0 Å². The van der Waals surface area contributed by atoms with Gasteiger partial charge in [-0.25, -0.2) is 0 Å². The molecule has 2 N–H and O–H groups in total. The Balaban J connectivity index is 1.87. The molecule has 100 valence electrons. The van der Waals surface area contributed by atoms with E-state index in [1.807, 2.05) is 36.5 Å². The van der Waals surface area contributed by atoms with Gasteiger partial charge in [-0.05, 0) is 36.2 Å². The van der Waals surface area contributed by atoms with Crippen molar-refractivity contribution in [1.29, 1.82) is 0 Å². The lowest BCUT2D eigenvalue weighted by atomic mass is 10.0. The summed E-state index contributed by atoms with van der Waals surface area (Å²) in [4.78, 5) is 4.31. The number of aromatic hydroxyl groups is 1. The van der Waals surface area contributed by atoms with Crippen molar-refractivity contribution in [2.75, 3.05) is 6.54 Å². The molecule has 0 aliphatic heterocycles. The van der Waals surface area contributed by atoms with E-state index in [9.17, 15) is 5.11 Å². The fourth-order valence-electron chi connectivity index (χ4n) is 2.12. The Morgan fingerprint density at radius 3 is 2.58 bits per heavy atom. The Morgan fingerprint density at radius 2 is 1.95 bits per heavy atom. The van der Waals surface area contributed by atoms with Crippen molar-refractivity contribution >= 4 is 0 Å². The van der Waals surface area contributed by atoms with E-state index in [0.29, 0.717) is 11.8 Å². The number of phenols is 1. The van der Waals surface area contributed by atoms with Crippen LogP contribution in [0.5, 0.6) is 5.75 Å². The zero-order valence-corrected chi connectivity index (χ0v) is 11.2. The summed E-state index contributed by atoms with van der Waals surface area (Å²) in [6, 6.07) is 13.7. The van der Waals surface area contributed by atoms with Crippen LogP contribution in [-0.4, -0.2) is 16.6 Å². The van der Waals surface area contributed by atoms with Crippen LogP contribution in [0.1, 0.15) is 30.6 Å². The fraction of sp³-hybridized carbons (Fsp3) is 0.312. The van der Waals surface area contributed by atoms with Gasteiger partial charge in [0.25, 0.3) is 0 Å². The minimum absolute atomic E-state index is 0.312. The fourth-order valence-corrected chi connectivity index (χ4v) is 2.12. The molecule has 1 aromatic carbocycles. The van der Waals surface area contributed by atoms with Crippen LogP contribution in [0.15, 0.2) is 48.7 Å². The lowest BCUT2D eigenvalue weighted by Crippen LogP contribution is -2.23. The molecule has 0 aliphatic carbocycles. The summed E-state index contributed by atoms with van der Waals surface area (Å²) < 4.78 is 0. The highest BCUT2D eigenvalue weighted by Crippen LogP contribution is 2.19. The number of benzene rings is 1. The first-order chi connectivity index (χ1) is 9.29. The number of nitrogens with one attached hydrogen (secondary N) is 1. The zero-order chi connectivity index (χ0) is 13.5. The first-order valence-electron chi connectivity index (χ1n) is 6.72. The molecule has 3 nitrogen and oxygen atoms in total. The molecule has 19 heavy (non-hydrogen) atoms. The van der Waals surface area contributed by atoms with Crippen LogP contribution in [0, 0.1) is 0 Å². The van der Waals surface area contributed by atoms with Crippen LogP contribution in [0.2, 0.25) is 0 Å². The molecule has 3 heteroatoms. The predicted molar refractivity (Wildman–Crippen MR) is 77.1 cm³/mol. The SMILES string of the molecule is CCC(NCCc1ccccn1)c1ccc(O)cc1. The van der Waals surface area contributed by atoms with E-state index in [0.717, 1.165) is 25.1 Å². The summed E-state index contributed by atoms with van der Waals surface area (Å²) in [5.74, 6) is 0.312. The van der Waals surface area contributed by atoms with Gasteiger partial charge in [0.15, 0.2) is 0 Å². The second-order valence-electron chi connectivity index (χ2n) is 4.58. The quantitative estimate of drug-likeness (QED) is 0.835. The molecule has 1 atom stereocenters. The number of rotatable bonds is 6. The van der Waals surface area contributed by atoms with Crippen LogP contribution in [-0.2, 0) is 6.42 Å². The van der Waals surface area contributed by atoms with Gasteiger partial charge in [0, 0.05) is 30.9 Å². The summed E-state index contributed by atoms with van der Waals surface area (Å²) in [6.07, 6.45) is 3.77. The maximum absolute atomic E-state index is 9.31.